The molecule has 6 nitrogen and oxygen atoms in total. The van der Waals surface area contributed by atoms with Crippen molar-refractivity contribution < 1.29 is 28.5 Å². The molecule has 0 bridgehead atoms. The molecule has 1 aliphatic heterocycles. The Morgan fingerprint density at radius 3 is 2.40 bits per heavy atom. The molecule has 1 aromatic heterocycles. The number of hydrogen-bond donors (Lipinski definition) is 2. The highest BCUT2D eigenvalue weighted by atomic mass is 35.5. The fourth-order valence-electron chi connectivity index (χ4n) is 5.58. The van der Waals surface area contributed by atoms with Crippen LogP contribution in [0.4, 0.5) is 8.78 Å². The van der Waals surface area contributed by atoms with E-state index in [0.717, 1.165) is 0 Å². The number of aliphatic hydroxyl groups is 2. The maximum atomic E-state index is 13.5. The Hall–Kier alpha value is -3.07. The van der Waals surface area contributed by atoms with Gasteiger partial charge in [-0.3, -0.25) is 9.78 Å². The van der Waals surface area contributed by atoms with Crippen LogP contribution >= 0.6 is 11.6 Å². The molecule has 2 aliphatic rings. The van der Waals surface area contributed by atoms with Crippen molar-refractivity contribution in [1.29, 1.82) is 0 Å². The highest BCUT2D eigenvalue weighted by molar-refractivity contribution is 6.30. The molecule has 0 spiro atoms. The number of carbonyl (C=O) groups excluding carboxylic acids is 1. The summed E-state index contributed by atoms with van der Waals surface area (Å²) in [4.78, 5) is 19.1. The van der Waals surface area contributed by atoms with Crippen LogP contribution in [-0.4, -0.2) is 46.2 Å². The number of alkyl halides is 2. The Balaban J connectivity index is 1.84. The Kier molecular flexibility index (Phi) is 5.58. The van der Waals surface area contributed by atoms with Crippen LogP contribution in [-0.2, 0) is 16.0 Å². The zero-order chi connectivity index (χ0) is 25.1. The normalized spacial score (nSPS) is 29.0. The molecule has 182 valence electrons. The lowest BCUT2D eigenvalue weighted by molar-refractivity contribution is -0.157. The van der Waals surface area contributed by atoms with E-state index in [1.807, 2.05) is 0 Å². The summed E-state index contributed by atoms with van der Waals surface area (Å²) in [5, 5.41) is 24.3. The van der Waals surface area contributed by atoms with E-state index in [4.69, 9.17) is 16.3 Å². The predicted octanol–water partition coefficient (Wildman–Crippen LogP) is 4.01. The van der Waals surface area contributed by atoms with Gasteiger partial charge in [0.15, 0.2) is 11.2 Å². The van der Waals surface area contributed by atoms with Crippen molar-refractivity contribution in [3.63, 3.8) is 0 Å². The van der Waals surface area contributed by atoms with Crippen molar-refractivity contribution in [2.75, 3.05) is 14.1 Å². The van der Waals surface area contributed by atoms with Gasteiger partial charge in [0.25, 0.3) is 6.43 Å². The standard InChI is InChI=1S/C26H23ClF2N2O4/c1-31(2)24(33)19-20(14-6-4-3-5-7-14)26(16-10-8-15(9-11-16)23(28)29)25(34,22(19)32)21-18(35-26)12-17(27)13-30-21/h3-13,19-20,22-23,32,34H,1-2H3. The number of halogens is 3. The van der Waals surface area contributed by atoms with E-state index in [-0.39, 0.29) is 22.0 Å². The van der Waals surface area contributed by atoms with Crippen LogP contribution in [0.25, 0.3) is 0 Å². The van der Waals surface area contributed by atoms with Gasteiger partial charge in [0.2, 0.25) is 5.91 Å². The van der Waals surface area contributed by atoms with Crippen molar-refractivity contribution >= 4 is 17.5 Å². The number of carbonyl (C=O) groups is 1. The first kappa shape index (κ1) is 23.7. The molecular weight excluding hydrogens is 478 g/mol. The number of nitrogens with zero attached hydrogens (tertiary/aromatic N) is 2. The van der Waals surface area contributed by atoms with Crippen molar-refractivity contribution in [2.24, 2.45) is 5.92 Å². The average molecular weight is 501 g/mol. The van der Waals surface area contributed by atoms with Gasteiger partial charge >= 0.3 is 0 Å². The maximum absolute atomic E-state index is 13.5. The zero-order valence-electron chi connectivity index (χ0n) is 18.9. The van der Waals surface area contributed by atoms with E-state index < -0.39 is 41.5 Å². The highest BCUT2D eigenvalue weighted by Gasteiger charge is 2.78. The van der Waals surface area contributed by atoms with Gasteiger partial charge in [-0.1, -0.05) is 66.2 Å². The van der Waals surface area contributed by atoms with Gasteiger partial charge in [0, 0.05) is 37.8 Å². The number of rotatable bonds is 4. The summed E-state index contributed by atoms with van der Waals surface area (Å²) >= 11 is 6.15. The van der Waals surface area contributed by atoms with E-state index in [2.05, 4.69) is 4.98 Å². The highest BCUT2D eigenvalue weighted by Crippen LogP contribution is 2.68. The Labute approximate surface area is 205 Å². The van der Waals surface area contributed by atoms with E-state index in [1.165, 1.54) is 41.4 Å². The Bertz CT molecular complexity index is 1270. The Morgan fingerprint density at radius 2 is 1.80 bits per heavy atom. The SMILES string of the molecule is CN(C)C(=O)C1C(O)C2(O)c3ncc(Cl)cc3OC2(c2ccc(C(F)F)cc2)C1c1ccccc1. The third-order valence-electron chi connectivity index (χ3n) is 7.06. The summed E-state index contributed by atoms with van der Waals surface area (Å²) in [6.07, 6.45) is -3.00. The summed E-state index contributed by atoms with van der Waals surface area (Å²) in [6.45, 7) is 0. The minimum atomic E-state index is -2.69. The number of ether oxygens (including phenoxy) is 1. The van der Waals surface area contributed by atoms with Crippen LogP contribution in [0.3, 0.4) is 0 Å². The molecule has 2 aromatic carbocycles. The lowest BCUT2D eigenvalue weighted by Crippen LogP contribution is -2.52. The minimum absolute atomic E-state index is 0.0299. The number of amides is 1. The number of aromatic nitrogens is 1. The topological polar surface area (TPSA) is 82.9 Å². The lowest BCUT2D eigenvalue weighted by atomic mass is 9.71. The van der Waals surface area contributed by atoms with Crippen molar-refractivity contribution in [3.05, 3.63) is 94.3 Å². The summed E-state index contributed by atoms with van der Waals surface area (Å²) < 4.78 is 33.2. The number of aliphatic hydroxyl groups excluding tert-OH is 1. The second-order valence-electron chi connectivity index (χ2n) is 9.12. The van der Waals surface area contributed by atoms with Crippen LogP contribution in [0, 0.1) is 5.92 Å². The van der Waals surface area contributed by atoms with Gasteiger partial charge in [0.1, 0.15) is 17.5 Å². The molecule has 5 atom stereocenters. The molecule has 2 heterocycles. The van der Waals surface area contributed by atoms with Crippen LogP contribution in [0.15, 0.2) is 66.9 Å². The molecule has 5 unspecified atom stereocenters. The van der Waals surface area contributed by atoms with E-state index in [1.54, 1.807) is 44.4 Å². The fourth-order valence-corrected chi connectivity index (χ4v) is 5.73. The smallest absolute Gasteiger partial charge is 0.263 e. The van der Waals surface area contributed by atoms with Gasteiger partial charge in [-0.15, -0.1) is 0 Å². The predicted molar refractivity (Wildman–Crippen MR) is 124 cm³/mol. The molecule has 1 saturated carbocycles. The largest absolute Gasteiger partial charge is 0.476 e. The van der Waals surface area contributed by atoms with Gasteiger partial charge in [0.05, 0.1) is 10.9 Å². The number of benzene rings is 2. The van der Waals surface area contributed by atoms with Crippen LogP contribution in [0.2, 0.25) is 5.02 Å². The summed E-state index contributed by atoms with van der Waals surface area (Å²) in [6, 6.07) is 15.8. The molecule has 2 N–H and O–H groups in total. The van der Waals surface area contributed by atoms with E-state index in [9.17, 15) is 23.8 Å². The minimum Gasteiger partial charge on any atom is -0.476 e. The second kappa shape index (κ2) is 8.26. The molecular formula is C26H23ClF2N2O4. The number of pyridine rings is 1. The van der Waals surface area contributed by atoms with Crippen LogP contribution in [0.5, 0.6) is 5.75 Å². The van der Waals surface area contributed by atoms with Gasteiger partial charge in [-0.25, -0.2) is 8.78 Å². The third-order valence-corrected chi connectivity index (χ3v) is 7.27. The molecule has 35 heavy (non-hydrogen) atoms. The van der Waals surface area contributed by atoms with E-state index in [0.29, 0.717) is 11.1 Å². The molecule has 9 heteroatoms. The molecule has 1 fully saturated rings. The number of fused-ring (bicyclic) bond motifs is 3. The molecule has 0 saturated heterocycles. The van der Waals surface area contributed by atoms with Crippen molar-refractivity contribution in [1.82, 2.24) is 9.88 Å². The summed E-state index contributed by atoms with van der Waals surface area (Å²) in [5.41, 5.74) is -3.18. The zero-order valence-corrected chi connectivity index (χ0v) is 19.7. The van der Waals surface area contributed by atoms with Gasteiger partial charge in [-0.05, 0) is 11.1 Å². The van der Waals surface area contributed by atoms with Crippen LogP contribution in [0.1, 0.15) is 34.7 Å². The van der Waals surface area contributed by atoms with Crippen LogP contribution < -0.4 is 4.74 Å². The van der Waals surface area contributed by atoms with E-state index >= 15 is 0 Å². The quantitative estimate of drug-likeness (QED) is 0.565. The third kappa shape index (κ3) is 3.20. The lowest BCUT2D eigenvalue weighted by Gasteiger charge is -2.40. The Morgan fingerprint density at radius 1 is 1.14 bits per heavy atom. The average Bonchev–Trinajstić information content (AvgIpc) is 3.21. The fraction of sp³-hybridized carbons (Fsp3) is 0.308. The van der Waals surface area contributed by atoms with Gasteiger partial charge < -0.3 is 19.8 Å². The first-order chi connectivity index (χ1) is 16.6. The van der Waals surface area contributed by atoms with Crippen molar-refractivity contribution in [3.8, 4) is 5.75 Å². The molecule has 0 radical (unpaired) electrons. The summed E-state index contributed by atoms with van der Waals surface area (Å²) in [7, 11) is 3.12. The maximum Gasteiger partial charge on any atom is 0.263 e. The first-order valence-corrected chi connectivity index (χ1v) is 11.4. The molecule has 5 rings (SSSR count). The second-order valence-corrected chi connectivity index (χ2v) is 9.56. The summed E-state index contributed by atoms with van der Waals surface area (Å²) in [5.74, 6) is -2.30. The molecule has 1 amide bonds. The first-order valence-electron chi connectivity index (χ1n) is 11.0. The van der Waals surface area contributed by atoms with Crippen molar-refractivity contribution in [2.45, 2.75) is 29.6 Å². The number of hydrogen-bond acceptors (Lipinski definition) is 5. The molecule has 1 aliphatic carbocycles. The molecule has 3 aromatic rings. The monoisotopic (exact) mass is 500 g/mol. The van der Waals surface area contributed by atoms with Gasteiger partial charge in [-0.2, -0.15) is 0 Å².